The van der Waals surface area contributed by atoms with E-state index in [0.717, 1.165) is 16.3 Å². The summed E-state index contributed by atoms with van der Waals surface area (Å²) in [5.41, 5.74) is 2.65. The number of thiazole rings is 1. The summed E-state index contributed by atoms with van der Waals surface area (Å²) in [7, 11) is -3.26. The van der Waals surface area contributed by atoms with Gasteiger partial charge in [-0.2, -0.15) is 0 Å². The van der Waals surface area contributed by atoms with Crippen molar-refractivity contribution in [1.29, 1.82) is 0 Å². The molecule has 0 saturated heterocycles. The number of carbonyl (C=O) groups is 1. The van der Waals surface area contributed by atoms with Crippen molar-refractivity contribution in [1.82, 2.24) is 10.3 Å². The van der Waals surface area contributed by atoms with E-state index in [9.17, 15) is 13.2 Å². The Bertz CT molecular complexity index is 1230. The second-order valence-electron chi connectivity index (χ2n) is 9.17. The van der Waals surface area contributed by atoms with Gasteiger partial charge in [0.2, 0.25) is 0 Å². The predicted molar refractivity (Wildman–Crippen MR) is 126 cm³/mol. The van der Waals surface area contributed by atoms with Crippen LogP contribution in [0, 0.1) is 0 Å². The molecule has 0 atom stereocenters. The van der Waals surface area contributed by atoms with Crippen LogP contribution in [-0.4, -0.2) is 31.4 Å². The third-order valence-corrected chi connectivity index (χ3v) is 7.39. The van der Waals surface area contributed by atoms with E-state index in [1.807, 2.05) is 38.3 Å². The second-order valence-corrected chi connectivity index (χ2v) is 12.0. The second kappa shape index (κ2) is 8.01. The Balaban J connectivity index is 1.67. The summed E-state index contributed by atoms with van der Waals surface area (Å²) < 4.78 is 29.0. The zero-order chi connectivity index (χ0) is 23.1. The van der Waals surface area contributed by atoms with Gasteiger partial charge in [-0.05, 0) is 44.0 Å². The van der Waals surface area contributed by atoms with Crippen molar-refractivity contribution in [3.63, 3.8) is 0 Å². The number of carbonyl (C=O) groups excluding carboxylic acids is 1. The van der Waals surface area contributed by atoms with Crippen molar-refractivity contribution >= 4 is 27.3 Å². The molecule has 1 N–H and O–H groups in total. The lowest BCUT2D eigenvalue weighted by Gasteiger charge is -2.30. The highest BCUT2D eigenvalue weighted by Crippen LogP contribution is 2.40. The van der Waals surface area contributed by atoms with Gasteiger partial charge >= 0.3 is 6.09 Å². The third kappa shape index (κ3) is 4.71. The quantitative estimate of drug-likeness (QED) is 0.596. The fraction of sp³-hybridized carbons (Fsp3) is 0.333. The number of alkyl carbamates (subject to hydrolysis) is 1. The summed E-state index contributed by atoms with van der Waals surface area (Å²) in [6, 6.07) is 14.8. The first-order chi connectivity index (χ1) is 15.0. The molecule has 1 amide bonds. The van der Waals surface area contributed by atoms with Crippen LogP contribution in [0.5, 0.6) is 0 Å². The first-order valence-corrected chi connectivity index (χ1v) is 13.1. The summed E-state index contributed by atoms with van der Waals surface area (Å²) in [6.07, 6.45) is 1.96. The zero-order valence-corrected chi connectivity index (χ0v) is 20.1. The van der Waals surface area contributed by atoms with Crippen molar-refractivity contribution in [2.24, 2.45) is 0 Å². The third-order valence-electron chi connectivity index (χ3n) is 5.37. The fourth-order valence-corrected chi connectivity index (χ4v) is 5.47. The van der Waals surface area contributed by atoms with E-state index >= 15 is 0 Å². The molecule has 1 heterocycles. The van der Waals surface area contributed by atoms with Gasteiger partial charge in [0.1, 0.15) is 10.6 Å². The lowest BCUT2D eigenvalue weighted by Crippen LogP contribution is -2.48. The molecule has 8 heteroatoms. The Kier molecular flexibility index (Phi) is 5.63. The Labute approximate surface area is 192 Å². The molecule has 32 heavy (non-hydrogen) atoms. The normalized spacial score (nSPS) is 15.2. The fourth-order valence-electron chi connectivity index (χ4n) is 3.92. The summed E-state index contributed by atoms with van der Waals surface area (Å²) >= 11 is 1.47. The van der Waals surface area contributed by atoms with Gasteiger partial charge in [0.15, 0.2) is 9.84 Å². The van der Waals surface area contributed by atoms with Crippen molar-refractivity contribution in [3.8, 4) is 10.6 Å². The Morgan fingerprint density at radius 2 is 1.66 bits per heavy atom. The van der Waals surface area contributed by atoms with Crippen LogP contribution in [-0.2, 0) is 33.0 Å². The topological polar surface area (TPSA) is 85.4 Å². The number of sulfone groups is 1. The average Bonchev–Trinajstić information content (AvgIpc) is 3.31. The maximum atomic E-state index is 12.7. The molecule has 0 spiro atoms. The zero-order valence-electron chi connectivity index (χ0n) is 18.5. The average molecular weight is 471 g/mol. The highest BCUT2D eigenvalue weighted by Gasteiger charge is 2.43. The molecule has 4 rings (SSSR count). The molecule has 1 aliphatic rings. The van der Waals surface area contributed by atoms with Crippen LogP contribution in [0.2, 0.25) is 0 Å². The van der Waals surface area contributed by atoms with Crippen LogP contribution >= 0.6 is 11.3 Å². The van der Waals surface area contributed by atoms with Crippen LogP contribution < -0.4 is 5.32 Å². The molecule has 0 bridgehead atoms. The molecule has 0 radical (unpaired) electrons. The van der Waals surface area contributed by atoms with Gasteiger partial charge in [-0.3, -0.25) is 0 Å². The van der Waals surface area contributed by atoms with Crippen LogP contribution in [0.3, 0.4) is 0 Å². The molecule has 168 valence electrons. The first kappa shape index (κ1) is 22.5. The predicted octanol–water partition coefficient (Wildman–Crippen LogP) is 4.73. The minimum Gasteiger partial charge on any atom is -0.444 e. The van der Waals surface area contributed by atoms with Gasteiger partial charge in [-0.15, -0.1) is 11.3 Å². The number of hydrogen-bond acceptors (Lipinski definition) is 6. The van der Waals surface area contributed by atoms with E-state index in [-0.39, 0.29) is 4.90 Å². The molecular formula is C24H26N2O4S2. The minimum absolute atomic E-state index is 0.271. The van der Waals surface area contributed by atoms with E-state index in [0.29, 0.717) is 12.8 Å². The minimum atomic E-state index is -3.26. The Morgan fingerprint density at radius 1 is 1.06 bits per heavy atom. The lowest BCUT2D eigenvalue weighted by atomic mass is 9.92. The molecule has 1 aliphatic carbocycles. The summed E-state index contributed by atoms with van der Waals surface area (Å²) in [5, 5.41) is 5.84. The number of nitrogens with zero attached hydrogens (tertiary/aromatic N) is 1. The monoisotopic (exact) mass is 470 g/mol. The lowest BCUT2D eigenvalue weighted by molar-refractivity contribution is 0.0453. The highest BCUT2D eigenvalue weighted by molar-refractivity contribution is 7.90. The van der Waals surface area contributed by atoms with Crippen molar-refractivity contribution < 1.29 is 17.9 Å². The molecule has 0 fully saturated rings. The van der Waals surface area contributed by atoms with E-state index in [4.69, 9.17) is 9.72 Å². The maximum absolute atomic E-state index is 12.7. The van der Waals surface area contributed by atoms with E-state index < -0.39 is 27.1 Å². The highest BCUT2D eigenvalue weighted by atomic mass is 32.2. The number of ether oxygens (including phenoxy) is 1. The number of aromatic nitrogens is 1. The van der Waals surface area contributed by atoms with Crippen LogP contribution in [0.25, 0.3) is 10.6 Å². The largest absolute Gasteiger partial charge is 0.444 e. The molecule has 6 nitrogen and oxygen atoms in total. The number of hydrogen-bond donors (Lipinski definition) is 1. The molecule has 0 unspecified atom stereocenters. The Morgan fingerprint density at radius 3 is 2.19 bits per heavy atom. The van der Waals surface area contributed by atoms with Gasteiger partial charge < -0.3 is 10.1 Å². The van der Waals surface area contributed by atoms with Crippen LogP contribution in [0.1, 0.15) is 37.6 Å². The smallest absolute Gasteiger partial charge is 0.408 e. The standard InChI is InChI=1S/C24H26N2O4S2/c1-23(2,3)30-22(27)26-24(13-17-7-5-6-8-18(17)14-24)20-15-31-21(25-20)16-9-11-19(12-10-16)32(4,28)29/h5-12,15H,13-14H2,1-4H3,(H,26,27). The van der Waals surface area contributed by atoms with E-state index in [1.165, 1.54) is 28.7 Å². The molecule has 2 aromatic carbocycles. The van der Waals surface area contributed by atoms with Crippen LogP contribution in [0.15, 0.2) is 58.8 Å². The number of benzene rings is 2. The molecule has 0 aliphatic heterocycles. The molecule has 1 aromatic heterocycles. The van der Waals surface area contributed by atoms with Gasteiger partial charge in [-0.1, -0.05) is 36.4 Å². The molecular weight excluding hydrogens is 444 g/mol. The maximum Gasteiger partial charge on any atom is 0.408 e. The number of amides is 1. The Hall–Kier alpha value is -2.71. The first-order valence-electron chi connectivity index (χ1n) is 10.3. The SMILES string of the molecule is CC(C)(C)OC(=O)NC1(c2csc(-c3ccc(S(C)(=O)=O)cc3)n2)Cc2ccccc2C1. The van der Waals surface area contributed by atoms with Gasteiger partial charge in [0.05, 0.1) is 16.1 Å². The van der Waals surface area contributed by atoms with E-state index in [2.05, 4.69) is 17.4 Å². The molecule has 3 aromatic rings. The van der Waals surface area contributed by atoms with Crippen molar-refractivity contribution in [2.45, 2.75) is 49.6 Å². The summed E-state index contributed by atoms with van der Waals surface area (Å²) in [4.78, 5) is 17.9. The van der Waals surface area contributed by atoms with Crippen molar-refractivity contribution in [3.05, 3.63) is 70.7 Å². The van der Waals surface area contributed by atoms with Crippen LogP contribution in [0.4, 0.5) is 4.79 Å². The van der Waals surface area contributed by atoms with Gasteiger partial charge in [0.25, 0.3) is 0 Å². The van der Waals surface area contributed by atoms with Gasteiger partial charge in [-0.25, -0.2) is 18.2 Å². The summed E-state index contributed by atoms with van der Waals surface area (Å²) in [5.74, 6) is 0. The van der Waals surface area contributed by atoms with Gasteiger partial charge in [0, 0.05) is 30.0 Å². The van der Waals surface area contributed by atoms with E-state index in [1.54, 1.807) is 24.3 Å². The number of nitrogens with one attached hydrogen (secondary N) is 1. The van der Waals surface area contributed by atoms with Crippen molar-refractivity contribution in [2.75, 3.05) is 6.26 Å². The summed E-state index contributed by atoms with van der Waals surface area (Å²) in [6.45, 7) is 5.51. The number of rotatable bonds is 4. The molecule has 0 saturated carbocycles. The number of fused-ring (bicyclic) bond motifs is 1.